The van der Waals surface area contributed by atoms with E-state index >= 15 is 0 Å². The van der Waals surface area contributed by atoms with Gasteiger partial charge in [-0.1, -0.05) is 5.92 Å². The van der Waals surface area contributed by atoms with Crippen molar-refractivity contribution in [1.82, 2.24) is 4.98 Å². The van der Waals surface area contributed by atoms with Crippen LogP contribution in [0.3, 0.4) is 0 Å². The highest BCUT2D eigenvalue weighted by molar-refractivity contribution is 5.37. The van der Waals surface area contributed by atoms with Crippen LogP contribution in [0.1, 0.15) is 17.5 Å². The number of rotatable bonds is 3. The number of nitrogens with zero attached hydrogens (tertiary/aromatic N) is 1. The Bertz CT molecular complexity index is 288. The van der Waals surface area contributed by atoms with Crippen molar-refractivity contribution < 1.29 is 5.11 Å². The normalized spacial score (nSPS) is 9.33. The molecule has 2 nitrogen and oxygen atoms in total. The monoisotopic (exact) mass is 161 g/mol. The van der Waals surface area contributed by atoms with Crippen molar-refractivity contribution in [3.63, 3.8) is 0 Å². The maximum atomic E-state index is 8.62. The molecule has 0 aromatic carbocycles. The molecule has 0 aliphatic heterocycles. The molecule has 1 aromatic heterocycles. The molecule has 1 rings (SSSR count). The second-order valence-corrected chi connectivity index (χ2v) is 2.50. The molecule has 0 radical (unpaired) electrons. The van der Waals surface area contributed by atoms with E-state index in [0.29, 0.717) is 0 Å². The lowest BCUT2D eigenvalue weighted by Crippen LogP contribution is -1.93. The third-order valence-electron chi connectivity index (χ3n) is 1.67. The zero-order valence-corrected chi connectivity index (χ0v) is 6.83. The average molecular weight is 161 g/mol. The van der Waals surface area contributed by atoms with E-state index in [0.717, 1.165) is 24.0 Å². The lowest BCUT2D eigenvalue weighted by Gasteiger charge is -2.01. The van der Waals surface area contributed by atoms with Gasteiger partial charge in [0.2, 0.25) is 0 Å². The van der Waals surface area contributed by atoms with E-state index in [1.165, 1.54) is 0 Å². The molecule has 62 valence electrons. The van der Waals surface area contributed by atoms with Crippen LogP contribution >= 0.6 is 0 Å². The second-order valence-electron chi connectivity index (χ2n) is 2.50. The van der Waals surface area contributed by atoms with Crippen LogP contribution in [-0.2, 0) is 6.42 Å². The summed E-state index contributed by atoms with van der Waals surface area (Å²) in [5.41, 5.74) is 1.91. The van der Waals surface area contributed by atoms with Crippen LogP contribution in [0.15, 0.2) is 18.5 Å². The van der Waals surface area contributed by atoms with Crippen molar-refractivity contribution in [2.75, 3.05) is 6.61 Å². The van der Waals surface area contributed by atoms with Gasteiger partial charge in [-0.15, -0.1) is 6.42 Å². The van der Waals surface area contributed by atoms with Gasteiger partial charge in [-0.05, 0) is 24.5 Å². The minimum absolute atomic E-state index is 0.201. The Kier molecular flexibility index (Phi) is 3.31. The van der Waals surface area contributed by atoms with Gasteiger partial charge in [0.05, 0.1) is 0 Å². The Morgan fingerprint density at radius 3 is 3.08 bits per heavy atom. The molecule has 0 aliphatic rings. The zero-order valence-electron chi connectivity index (χ0n) is 6.83. The molecule has 1 N–H and O–H groups in total. The van der Waals surface area contributed by atoms with E-state index in [4.69, 9.17) is 11.5 Å². The first kappa shape index (κ1) is 8.76. The van der Waals surface area contributed by atoms with Crippen LogP contribution in [-0.4, -0.2) is 16.7 Å². The molecule has 0 atom stereocenters. The van der Waals surface area contributed by atoms with Gasteiger partial charge in [0.15, 0.2) is 0 Å². The summed E-state index contributed by atoms with van der Waals surface area (Å²) < 4.78 is 0. The smallest absolute Gasteiger partial charge is 0.0458 e. The average Bonchev–Trinajstić information content (AvgIpc) is 2.15. The van der Waals surface area contributed by atoms with Gasteiger partial charge in [0.1, 0.15) is 0 Å². The van der Waals surface area contributed by atoms with E-state index in [1.807, 2.05) is 6.07 Å². The number of pyridine rings is 1. The molecule has 2 heteroatoms. The lowest BCUT2D eigenvalue weighted by molar-refractivity contribution is 0.288. The topological polar surface area (TPSA) is 33.1 Å². The standard InChI is InChI=1S/C10H11NO/c1-2-9-8-11-6-5-10(9)4-3-7-12/h1,5-6,8,12H,3-4,7H2. The van der Waals surface area contributed by atoms with Gasteiger partial charge in [-0.25, -0.2) is 0 Å². The maximum Gasteiger partial charge on any atom is 0.0458 e. The largest absolute Gasteiger partial charge is 0.396 e. The maximum absolute atomic E-state index is 8.62. The zero-order chi connectivity index (χ0) is 8.81. The van der Waals surface area contributed by atoms with Crippen LogP contribution in [0.2, 0.25) is 0 Å². The first-order valence-corrected chi connectivity index (χ1v) is 3.89. The first-order valence-electron chi connectivity index (χ1n) is 3.89. The summed E-state index contributed by atoms with van der Waals surface area (Å²) in [6.07, 6.45) is 10.2. The summed E-state index contributed by atoms with van der Waals surface area (Å²) in [5, 5.41) is 8.62. The molecule has 0 amide bonds. The summed E-state index contributed by atoms with van der Waals surface area (Å²) in [6, 6.07) is 1.89. The van der Waals surface area contributed by atoms with Gasteiger partial charge in [0.25, 0.3) is 0 Å². The third-order valence-corrected chi connectivity index (χ3v) is 1.67. The van der Waals surface area contributed by atoms with Crippen LogP contribution in [0.5, 0.6) is 0 Å². The van der Waals surface area contributed by atoms with Gasteiger partial charge in [0, 0.05) is 24.6 Å². The number of aliphatic hydroxyl groups excluding tert-OH is 1. The van der Waals surface area contributed by atoms with Crippen LogP contribution in [0.4, 0.5) is 0 Å². The molecule has 0 saturated heterocycles. The number of hydrogen-bond acceptors (Lipinski definition) is 2. The minimum Gasteiger partial charge on any atom is -0.396 e. The van der Waals surface area contributed by atoms with Gasteiger partial charge in [-0.3, -0.25) is 4.98 Å². The number of aromatic nitrogens is 1. The fraction of sp³-hybridized carbons (Fsp3) is 0.300. The van der Waals surface area contributed by atoms with E-state index < -0.39 is 0 Å². The molecule has 0 aliphatic carbocycles. The van der Waals surface area contributed by atoms with Gasteiger partial charge < -0.3 is 5.11 Å². The highest BCUT2D eigenvalue weighted by Crippen LogP contribution is 2.07. The fourth-order valence-corrected chi connectivity index (χ4v) is 1.04. The van der Waals surface area contributed by atoms with E-state index in [-0.39, 0.29) is 6.61 Å². The summed E-state index contributed by atoms with van der Waals surface area (Å²) in [4.78, 5) is 3.92. The summed E-state index contributed by atoms with van der Waals surface area (Å²) >= 11 is 0. The van der Waals surface area contributed by atoms with E-state index in [2.05, 4.69) is 10.9 Å². The summed E-state index contributed by atoms with van der Waals surface area (Å²) in [7, 11) is 0. The Labute approximate surface area is 72.3 Å². The third kappa shape index (κ3) is 2.08. The van der Waals surface area contributed by atoms with Crippen LogP contribution in [0, 0.1) is 12.3 Å². The Morgan fingerprint density at radius 2 is 2.42 bits per heavy atom. The molecule has 0 unspecified atom stereocenters. The molecule has 0 fully saturated rings. The van der Waals surface area contributed by atoms with Crippen LogP contribution in [0.25, 0.3) is 0 Å². The predicted molar refractivity (Wildman–Crippen MR) is 47.6 cm³/mol. The number of aryl methyl sites for hydroxylation is 1. The Hall–Kier alpha value is -1.33. The van der Waals surface area contributed by atoms with Gasteiger partial charge in [-0.2, -0.15) is 0 Å². The molecule has 0 spiro atoms. The molecule has 0 saturated carbocycles. The highest BCUT2D eigenvalue weighted by Gasteiger charge is 1.97. The van der Waals surface area contributed by atoms with Crippen molar-refractivity contribution >= 4 is 0 Å². The molecule has 0 bridgehead atoms. The van der Waals surface area contributed by atoms with Crippen molar-refractivity contribution in [2.45, 2.75) is 12.8 Å². The lowest BCUT2D eigenvalue weighted by atomic mass is 10.1. The number of terminal acetylenes is 1. The van der Waals surface area contributed by atoms with Crippen molar-refractivity contribution in [3.8, 4) is 12.3 Å². The van der Waals surface area contributed by atoms with Crippen molar-refractivity contribution in [2.24, 2.45) is 0 Å². The Morgan fingerprint density at radius 1 is 1.58 bits per heavy atom. The molecular weight excluding hydrogens is 150 g/mol. The second kappa shape index (κ2) is 4.53. The van der Waals surface area contributed by atoms with E-state index in [1.54, 1.807) is 12.4 Å². The Balaban J connectivity index is 2.77. The number of aliphatic hydroxyl groups is 1. The summed E-state index contributed by atoms with van der Waals surface area (Å²) in [5.74, 6) is 2.56. The fourth-order valence-electron chi connectivity index (χ4n) is 1.04. The van der Waals surface area contributed by atoms with E-state index in [9.17, 15) is 0 Å². The molecule has 12 heavy (non-hydrogen) atoms. The van der Waals surface area contributed by atoms with Crippen molar-refractivity contribution in [1.29, 1.82) is 0 Å². The highest BCUT2D eigenvalue weighted by atomic mass is 16.2. The SMILES string of the molecule is C#Cc1cnccc1CCCO. The molecule has 1 heterocycles. The van der Waals surface area contributed by atoms with Crippen LogP contribution < -0.4 is 0 Å². The first-order chi connectivity index (χ1) is 5.88. The predicted octanol–water partition coefficient (Wildman–Crippen LogP) is 0.988. The molecule has 1 aromatic rings. The summed E-state index contributed by atoms with van der Waals surface area (Å²) in [6.45, 7) is 0.201. The quantitative estimate of drug-likeness (QED) is 0.670. The molecular formula is C10H11NO. The van der Waals surface area contributed by atoms with Gasteiger partial charge >= 0.3 is 0 Å². The number of hydrogen-bond donors (Lipinski definition) is 1. The minimum atomic E-state index is 0.201. The van der Waals surface area contributed by atoms with Crippen molar-refractivity contribution in [3.05, 3.63) is 29.6 Å².